The molecule has 1 unspecified atom stereocenters. The Morgan fingerprint density at radius 2 is 2.05 bits per heavy atom. The Balaban J connectivity index is 2.16. The molecule has 98 valence electrons. The zero-order chi connectivity index (χ0) is 13.7. The number of pyridine rings is 1. The number of aromatic hydroxyl groups is 1. The number of aromatic nitrogens is 1. The minimum Gasteiger partial charge on any atom is -0.505 e. The van der Waals surface area contributed by atoms with Crippen molar-refractivity contribution in [2.45, 2.75) is 6.04 Å². The van der Waals surface area contributed by atoms with Gasteiger partial charge in [-0.3, -0.25) is 9.78 Å². The minimum atomic E-state index is -0.326. The first-order chi connectivity index (χ1) is 9.22. The summed E-state index contributed by atoms with van der Waals surface area (Å²) in [6.07, 6.45) is 2.72. The van der Waals surface area contributed by atoms with E-state index < -0.39 is 0 Å². The number of alkyl halides is 1. The van der Waals surface area contributed by atoms with E-state index in [1.54, 1.807) is 0 Å². The van der Waals surface area contributed by atoms with Gasteiger partial charge >= 0.3 is 0 Å². The van der Waals surface area contributed by atoms with E-state index in [2.05, 4.69) is 26.2 Å². The second-order valence-electron chi connectivity index (χ2n) is 3.98. The van der Waals surface area contributed by atoms with Gasteiger partial charge in [-0.2, -0.15) is 0 Å². The molecule has 0 aliphatic carbocycles. The lowest BCUT2D eigenvalue weighted by Gasteiger charge is -2.17. The van der Waals surface area contributed by atoms with E-state index in [0.717, 1.165) is 5.56 Å². The van der Waals surface area contributed by atoms with E-state index in [9.17, 15) is 9.90 Å². The van der Waals surface area contributed by atoms with Crippen LogP contribution in [0, 0.1) is 0 Å². The van der Waals surface area contributed by atoms with Gasteiger partial charge in [0.15, 0.2) is 0 Å². The second kappa shape index (κ2) is 6.33. The molecular formula is C14H13BrN2O2. The highest BCUT2D eigenvalue weighted by Crippen LogP contribution is 2.18. The van der Waals surface area contributed by atoms with Gasteiger partial charge in [-0.15, -0.1) is 0 Å². The monoisotopic (exact) mass is 320 g/mol. The molecule has 2 rings (SSSR count). The summed E-state index contributed by atoms with van der Waals surface area (Å²) in [5.74, 6) is -0.449. The van der Waals surface area contributed by atoms with E-state index in [0.29, 0.717) is 5.33 Å². The molecule has 2 aromatic rings. The normalized spacial score (nSPS) is 11.8. The molecule has 0 radical (unpaired) electrons. The molecule has 0 bridgehead atoms. The van der Waals surface area contributed by atoms with Crippen LogP contribution in [-0.4, -0.2) is 21.3 Å². The van der Waals surface area contributed by atoms with Crippen molar-refractivity contribution in [2.75, 3.05) is 5.33 Å². The van der Waals surface area contributed by atoms with Gasteiger partial charge in [-0.1, -0.05) is 46.3 Å². The van der Waals surface area contributed by atoms with Crippen LogP contribution in [0.1, 0.15) is 22.0 Å². The maximum absolute atomic E-state index is 12.1. The molecule has 0 aliphatic heterocycles. The van der Waals surface area contributed by atoms with Gasteiger partial charge in [-0.05, 0) is 11.6 Å². The number of amides is 1. The van der Waals surface area contributed by atoms with Crippen molar-refractivity contribution >= 4 is 21.8 Å². The van der Waals surface area contributed by atoms with Gasteiger partial charge in [0.25, 0.3) is 5.91 Å². The molecule has 0 saturated heterocycles. The standard InChI is InChI=1S/C14H13BrN2O2/c15-8-12(10-4-2-1-3-5-10)17-14(19)11-6-7-16-9-13(11)18/h1-7,9,12,18H,8H2,(H,17,19). The summed E-state index contributed by atoms with van der Waals surface area (Å²) in [4.78, 5) is 15.8. The topological polar surface area (TPSA) is 62.2 Å². The van der Waals surface area contributed by atoms with Gasteiger partial charge in [0.05, 0.1) is 17.8 Å². The number of carbonyl (C=O) groups is 1. The summed E-state index contributed by atoms with van der Waals surface area (Å²) in [6, 6.07) is 11.0. The zero-order valence-corrected chi connectivity index (χ0v) is 11.7. The Hall–Kier alpha value is -1.88. The number of halogens is 1. The van der Waals surface area contributed by atoms with Crippen LogP contribution >= 0.6 is 15.9 Å². The predicted molar refractivity (Wildman–Crippen MR) is 76.3 cm³/mol. The number of rotatable bonds is 4. The van der Waals surface area contributed by atoms with E-state index in [-0.39, 0.29) is 23.3 Å². The highest BCUT2D eigenvalue weighted by Gasteiger charge is 2.16. The molecule has 1 amide bonds. The molecule has 1 aromatic heterocycles. The van der Waals surface area contributed by atoms with Gasteiger partial charge < -0.3 is 10.4 Å². The quantitative estimate of drug-likeness (QED) is 0.851. The largest absolute Gasteiger partial charge is 0.505 e. The van der Waals surface area contributed by atoms with E-state index in [1.165, 1.54) is 18.5 Å². The van der Waals surface area contributed by atoms with Crippen molar-refractivity contribution < 1.29 is 9.90 Å². The number of hydrogen-bond donors (Lipinski definition) is 2. The Bertz CT molecular complexity index is 560. The van der Waals surface area contributed by atoms with Crippen molar-refractivity contribution in [1.82, 2.24) is 10.3 Å². The number of benzene rings is 1. The molecule has 0 fully saturated rings. The number of nitrogens with one attached hydrogen (secondary N) is 1. The third-order valence-corrected chi connectivity index (χ3v) is 3.35. The summed E-state index contributed by atoms with van der Waals surface area (Å²) in [6.45, 7) is 0. The first-order valence-corrected chi connectivity index (χ1v) is 6.89. The average molecular weight is 321 g/mol. The summed E-state index contributed by atoms with van der Waals surface area (Å²) < 4.78 is 0. The van der Waals surface area contributed by atoms with Gasteiger partial charge in [0, 0.05) is 11.5 Å². The van der Waals surface area contributed by atoms with Gasteiger partial charge in [0.2, 0.25) is 0 Å². The fraction of sp³-hybridized carbons (Fsp3) is 0.143. The van der Waals surface area contributed by atoms with Crippen molar-refractivity contribution in [2.24, 2.45) is 0 Å². The van der Waals surface area contributed by atoms with E-state index in [1.807, 2.05) is 30.3 Å². The Morgan fingerprint density at radius 1 is 1.32 bits per heavy atom. The fourth-order valence-electron chi connectivity index (χ4n) is 1.71. The molecular weight excluding hydrogens is 308 g/mol. The highest BCUT2D eigenvalue weighted by molar-refractivity contribution is 9.09. The van der Waals surface area contributed by atoms with Gasteiger partial charge in [0.1, 0.15) is 5.75 Å². The highest BCUT2D eigenvalue weighted by atomic mass is 79.9. The molecule has 1 aromatic carbocycles. The molecule has 5 heteroatoms. The number of nitrogens with zero attached hydrogens (tertiary/aromatic N) is 1. The molecule has 1 atom stereocenters. The Morgan fingerprint density at radius 3 is 2.68 bits per heavy atom. The fourth-order valence-corrected chi connectivity index (χ4v) is 2.25. The van der Waals surface area contributed by atoms with E-state index in [4.69, 9.17) is 0 Å². The van der Waals surface area contributed by atoms with Crippen LogP contribution in [0.3, 0.4) is 0 Å². The average Bonchev–Trinajstić information content (AvgIpc) is 2.46. The zero-order valence-electron chi connectivity index (χ0n) is 10.1. The van der Waals surface area contributed by atoms with Gasteiger partial charge in [-0.25, -0.2) is 0 Å². The van der Waals surface area contributed by atoms with Crippen molar-refractivity contribution in [3.05, 3.63) is 59.9 Å². The first-order valence-electron chi connectivity index (χ1n) is 5.77. The van der Waals surface area contributed by atoms with Crippen molar-refractivity contribution in [3.63, 3.8) is 0 Å². The van der Waals surface area contributed by atoms with Crippen LogP contribution < -0.4 is 5.32 Å². The molecule has 1 heterocycles. The molecule has 0 saturated carbocycles. The third-order valence-electron chi connectivity index (χ3n) is 2.71. The lowest BCUT2D eigenvalue weighted by Crippen LogP contribution is -2.29. The smallest absolute Gasteiger partial charge is 0.255 e. The van der Waals surface area contributed by atoms with Crippen LogP contribution in [0.25, 0.3) is 0 Å². The number of carbonyl (C=O) groups excluding carboxylic acids is 1. The number of hydrogen-bond acceptors (Lipinski definition) is 3. The minimum absolute atomic E-state index is 0.124. The Labute approximate surface area is 119 Å². The lowest BCUT2D eigenvalue weighted by molar-refractivity contribution is 0.0938. The maximum Gasteiger partial charge on any atom is 0.255 e. The summed E-state index contributed by atoms with van der Waals surface area (Å²) in [7, 11) is 0. The van der Waals surface area contributed by atoms with Crippen LogP contribution in [0.5, 0.6) is 5.75 Å². The lowest BCUT2D eigenvalue weighted by atomic mass is 10.1. The summed E-state index contributed by atoms with van der Waals surface area (Å²) >= 11 is 3.38. The van der Waals surface area contributed by atoms with Crippen molar-refractivity contribution in [1.29, 1.82) is 0 Å². The van der Waals surface area contributed by atoms with Crippen molar-refractivity contribution in [3.8, 4) is 5.75 Å². The first kappa shape index (κ1) is 13.5. The molecule has 4 nitrogen and oxygen atoms in total. The summed E-state index contributed by atoms with van der Waals surface area (Å²) in [5.41, 5.74) is 1.22. The summed E-state index contributed by atoms with van der Waals surface area (Å²) in [5, 5.41) is 13.1. The SMILES string of the molecule is O=C(NC(CBr)c1ccccc1)c1ccncc1O. The maximum atomic E-state index is 12.1. The van der Waals surface area contributed by atoms with Crippen LogP contribution in [0.4, 0.5) is 0 Å². The third kappa shape index (κ3) is 3.32. The Kier molecular flexibility index (Phi) is 4.52. The molecule has 19 heavy (non-hydrogen) atoms. The predicted octanol–water partition coefficient (Wildman–Crippen LogP) is 2.65. The van der Waals surface area contributed by atoms with Crippen LogP contribution in [0.15, 0.2) is 48.8 Å². The van der Waals surface area contributed by atoms with Crippen LogP contribution in [0.2, 0.25) is 0 Å². The van der Waals surface area contributed by atoms with Crippen LogP contribution in [-0.2, 0) is 0 Å². The second-order valence-corrected chi connectivity index (χ2v) is 4.63. The molecule has 0 aliphatic rings. The molecule has 2 N–H and O–H groups in total. The van der Waals surface area contributed by atoms with E-state index >= 15 is 0 Å². The molecule has 0 spiro atoms.